The predicted octanol–water partition coefficient (Wildman–Crippen LogP) is 4.77. The van der Waals surface area contributed by atoms with Crippen molar-refractivity contribution >= 4 is 34.8 Å². The fourth-order valence-electron chi connectivity index (χ4n) is 3.93. The molecular formula is C23H36N2O4S. The number of rotatable bonds is 7. The largest absolute Gasteiger partial charge is 0.477 e. The van der Waals surface area contributed by atoms with Gasteiger partial charge in [-0.15, -0.1) is 11.3 Å². The van der Waals surface area contributed by atoms with Gasteiger partial charge in [0, 0.05) is 23.9 Å². The van der Waals surface area contributed by atoms with Gasteiger partial charge in [0.15, 0.2) is 0 Å². The van der Waals surface area contributed by atoms with E-state index in [1.165, 1.54) is 16.2 Å². The molecule has 30 heavy (non-hydrogen) atoms. The maximum Gasteiger partial charge on any atom is 0.348 e. The van der Waals surface area contributed by atoms with E-state index in [4.69, 9.17) is 0 Å². The molecule has 1 saturated carbocycles. The van der Waals surface area contributed by atoms with Gasteiger partial charge in [-0.1, -0.05) is 27.7 Å². The summed E-state index contributed by atoms with van der Waals surface area (Å²) in [6, 6.07) is 1.80. The molecule has 0 atom stereocenters. The third-order valence-corrected chi connectivity index (χ3v) is 7.52. The molecule has 2 rings (SSSR count). The molecule has 1 fully saturated rings. The van der Waals surface area contributed by atoms with Gasteiger partial charge in [-0.25, -0.2) is 4.79 Å². The van der Waals surface area contributed by atoms with Crippen LogP contribution in [-0.4, -0.2) is 47.4 Å². The first-order chi connectivity index (χ1) is 14.0. The van der Waals surface area contributed by atoms with E-state index in [1.807, 2.05) is 34.6 Å². The van der Waals surface area contributed by atoms with Crippen LogP contribution in [-0.2, 0) is 15.0 Å². The summed E-state index contributed by atoms with van der Waals surface area (Å²) in [5.74, 6) is -0.898. The van der Waals surface area contributed by atoms with Crippen molar-refractivity contribution in [1.82, 2.24) is 4.90 Å². The van der Waals surface area contributed by atoms with Crippen molar-refractivity contribution < 1.29 is 19.5 Å². The molecule has 2 amide bonds. The Morgan fingerprint density at radius 2 is 1.67 bits per heavy atom. The maximum atomic E-state index is 13.5. The fourth-order valence-corrected chi connectivity index (χ4v) is 4.98. The lowest BCUT2D eigenvalue weighted by molar-refractivity contribution is -0.132. The number of hydrogen-bond acceptors (Lipinski definition) is 4. The third kappa shape index (κ3) is 5.62. The number of carboxylic acid groups (broad SMARTS) is 1. The smallest absolute Gasteiger partial charge is 0.348 e. The Bertz CT molecular complexity index is 769. The standard InChI is InChI=1S/C23H36N2O4S/c1-7-24(8-2)19(26)14-25(21(27)16-11-9-15(3)10-12-16)17-13-18(23(4,5)6)30-20(17)22(28)29/h13,15-16H,7-12,14H2,1-6H3,(H,28,29). The summed E-state index contributed by atoms with van der Waals surface area (Å²) in [7, 11) is 0. The first kappa shape index (κ1) is 24.4. The highest BCUT2D eigenvalue weighted by molar-refractivity contribution is 7.14. The van der Waals surface area contributed by atoms with Crippen molar-refractivity contribution in [2.45, 2.75) is 72.6 Å². The number of anilines is 1. The van der Waals surface area contributed by atoms with E-state index in [1.54, 1.807) is 11.0 Å². The fraction of sp³-hybridized carbons (Fsp3) is 0.696. The molecule has 6 nitrogen and oxygen atoms in total. The van der Waals surface area contributed by atoms with E-state index >= 15 is 0 Å². The Balaban J connectivity index is 2.47. The van der Waals surface area contributed by atoms with E-state index in [2.05, 4.69) is 6.92 Å². The highest BCUT2D eigenvalue weighted by Crippen LogP contribution is 2.39. The summed E-state index contributed by atoms with van der Waals surface area (Å²) in [5.41, 5.74) is 0.117. The van der Waals surface area contributed by atoms with Crippen LogP contribution in [0.1, 0.15) is 81.8 Å². The van der Waals surface area contributed by atoms with Crippen LogP contribution in [0, 0.1) is 11.8 Å². The third-order valence-electron chi connectivity index (χ3n) is 5.98. The zero-order valence-electron chi connectivity index (χ0n) is 19.2. The molecule has 1 aromatic heterocycles. The number of amides is 2. The van der Waals surface area contributed by atoms with E-state index in [-0.39, 0.29) is 34.6 Å². The number of aromatic carboxylic acids is 1. The second-order valence-electron chi connectivity index (χ2n) is 9.33. The second-order valence-corrected chi connectivity index (χ2v) is 10.4. The average Bonchev–Trinajstić information content (AvgIpc) is 3.13. The van der Waals surface area contributed by atoms with Gasteiger partial charge >= 0.3 is 5.97 Å². The lowest BCUT2D eigenvalue weighted by Gasteiger charge is -2.32. The van der Waals surface area contributed by atoms with E-state index in [0.717, 1.165) is 30.6 Å². The van der Waals surface area contributed by atoms with Crippen molar-refractivity contribution in [2.24, 2.45) is 11.8 Å². The zero-order chi connectivity index (χ0) is 22.6. The van der Waals surface area contributed by atoms with Gasteiger partial charge in [-0.2, -0.15) is 0 Å². The topological polar surface area (TPSA) is 77.9 Å². The lowest BCUT2D eigenvalue weighted by atomic mass is 9.82. The molecule has 1 aromatic rings. The zero-order valence-corrected chi connectivity index (χ0v) is 20.0. The molecule has 0 aliphatic heterocycles. The van der Waals surface area contributed by atoms with Crippen LogP contribution in [0.4, 0.5) is 5.69 Å². The van der Waals surface area contributed by atoms with Gasteiger partial charge in [0.1, 0.15) is 11.4 Å². The first-order valence-electron chi connectivity index (χ1n) is 11.0. The van der Waals surface area contributed by atoms with Crippen molar-refractivity contribution in [1.29, 1.82) is 0 Å². The highest BCUT2D eigenvalue weighted by atomic mass is 32.1. The maximum absolute atomic E-state index is 13.5. The number of carbonyl (C=O) groups is 3. The second kappa shape index (κ2) is 9.94. The predicted molar refractivity (Wildman–Crippen MR) is 121 cm³/mol. The normalized spacial score (nSPS) is 19.4. The van der Waals surface area contributed by atoms with Crippen molar-refractivity contribution in [3.05, 3.63) is 15.8 Å². The molecular weight excluding hydrogens is 400 g/mol. The van der Waals surface area contributed by atoms with Gasteiger partial charge in [-0.05, 0) is 56.9 Å². The quantitative estimate of drug-likeness (QED) is 0.668. The Morgan fingerprint density at radius 3 is 2.13 bits per heavy atom. The minimum absolute atomic E-state index is 0.118. The van der Waals surface area contributed by atoms with Crippen molar-refractivity contribution in [2.75, 3.05) is 24.5 Å². The van der Waals surface area contributed by atoms with Crippen LogP contribution < -0.4 is 4.90 Å². The highest BCUT2D eigenvalue weighted by Gasteiger charge is 2.34. The van der Waals surface area contributed by atoms with Gasteiger partial charge in [0.2, 0.25) is 11.8 Å². The van der Waals surface area contributed by atoms with E-state index in [9.17, 15) is 19.5 Å². The molecule has 0 saturated heterocycles. The molecule has 0 aromatic carbocycles. The molecule has 0 unspecified atom stereocenters. The number of carboxylic acids is 1. The summed E-state index contributed by atoms with van der Waals surface area (Å²) < 4.78 is 0. The number of thiophene rings is 1. The van der Waals surface area contributed by atoms with Crippen LogP contribution in [0.2, 0.25) is 0 Å². The minimum atomic E-state index is -1.06. The van der Waals surface area contributed by atoms with E-state index in [0.29, 0.717) is 24.7 Å². The SMILES string of the molecule is CCN(CC)C(=O)CN(C(=O)C1CCC(C)CC1)c1cc(C(C)(C)C)sc1C(=O)O. The number of likely N-dealkylation sites (N-methyl/N-ethyl adjacent to an activating group) is 1. The van der Waals surface area contributed by atoms with Crippen LogP contribution in [0.25, 0.3) is 0 Å². The van der Waals surface area contributed by atoms with Crippen LogP contribution >= 0.6 is 11.3 Å². The molecule has 1 N–H and O–H groups in total. The molecule has 1 aliphatic carbocycles. The van der Waals surface area contributed by atoms with Gasteiger partial charge in [0.25, 0.3) is 0 Å². The molecule has 0 spiro atoms. The molecule has 0 radical (unpaired) electrons. The summed E-state index contributed by atoms with van der Waals surface area (Å²) >= 11 is 1.20. The van der Waals surface area contributed by atoms with Crippen molar-refractivity contribution in [3.63, 3.8) is 0 Å². The Kier molecular flexibility index (Phi) is 8.08. The van der Waals surface area contributed by atoms with Gasteiger partial charge in [-0.3, -0.25) is 9.59 Å². The number of hydrogen-bond donors (Lipinski definition) is 1. The van der Waals surface area contributed by atoms with Gasteiger partial charge < -0.3 is 14.9 Å². The molecule has 1 heterocycles. The number of nitrogens with zero attached hydrogens (tertiary/aromatic N) is 2. The van der Waals surface area contributed by atoms with Gasteiger partial charge in [0.05, 0.1) is 5.69 Å². The Morgan fingerprint density at radius 1 is 1.10 bits per heavy atom. The van der Waals surface area contributed by atoms with E-state index < -0.39 is 5.97 Å². The van der Waals surface area contributed by atoms with Crippen LogP contribution in [0.3, 0.4) is 0 Å². The molecule has 1 aliphatic rings. The van der Waals surface area contributed by atoms with Crippen LogP contribution in [0.5, 0.6) is 0 Å². The summed E-state index contributed by atoms with van der Waals surface area (Å²) in [5, 5.41) is 9.83. The Labute approximate surface area is 184 Å². The Hall–Kier alpha value is -1.89. The summed E-state index contributed by atoms with van der Waals surface area (Å²) in [6.45, 7) is 13.1. The van der Waals surface area contributed by atoms with Crippen molar-refractivity contribution in [3.8, 4) is 0 Å². The minimum Gasteiger partial charge on any atom is -0.477 e. The summed E-state index contributed by atoms with van der Waals surface area (Å²) in [4.78, 5) is 42.6. The first-order valence-corrected chi connectivity index (χ1v) is 11.8. The monoisotopic (exact) mass is 436 g/mol. The van der Waals surface area contributed by atoms with Crippen LogP contribution in [0.15, 0.2) is 6.07 Å². The summed E-state index contributed by atoms with van der Waals surface area (Å²) in [6.07, 6.45) is 3.54. The molecule has 0 bridgehead atoms. The molecule has 168 valence electrons. The number of carbonyl (C=O) groups excluding carboxylic acids is 2. The lowest BCUT2D eigenvalue weighted by Crippen LogP contribution is -2.46. The molecule has 7 heteroatoms. The average molecular weight is 437 g/mol.